The SMILES string of the molecule is CC(CS(C)(=O)=O)NCCc1nccn1C. The van der Waals surface area contributed by atoms with Crippen molar-refractivity contribution in [3.8, 4) is 0 Å². The molecule has 0 spiro atoms. The van der Waals surface area contributed by atoms with Gasteiger partial charge in [0.2, 0.25) is 0 Å². The van der Waals surface area contributed by atoms with Crippen LogP contribution in [0, 0.1) is 0 Å². The zero-order valence-corrected chi connectivity index (χ0v) is 10.8. The fourth-order valence-electron chi connectivity index (χ4n) is 1.58. The normalized spacial score (nSPS) is 13.9. The Morgan fingerprint density at radius 3 is 2.75 bits per heavy atom. The maximum atomic E-state index is 11.0. The summed E-state index contributed by atoms with van der Waals surface area (Å²) in [6.07, 6.45) is 5.71. The first kappa shape index (κ1) is 13.2. The molecule has 0 aliphatic carbocycles. The summed E-state index contributed by atoms with van der Waals surface area (Å²) in [5.41, 5.74) is 0. The molecule has 0 aliphatic rings. The van der Waals surface area contributed by atoms with Crippen molar-refractivity contribution >= 4 is 9.84 Å². The molecule has 0 saturated heterocycles. The van der Waals surface area contributed by atoms with Crippen LogP contribution in [0.3, 0.4) is 0 Å². The third-order valence-corrected chi connectivity index (χ3v) is 3.42. The van der Waals surface area contributed by atoms with E-state index in [-0.39, 0.29) is 11.8 Å². The Hall–Kier alpha value is -0.880. The van der Waals surface area contributed by atoms with Gasteiger partial charge < -0.3 is 9.88 Å². The lowest BCUT2D eigenvalue weighted by Crippen LogP contribution is -2.34. The van der Waals surface area contributed by atoms with Crippen LogP contribution in [-0.4, -0.2) is 42.6 Å². The van der Waals surface area contributed by atoms with Gasteiger partial charge in [0.25, 0.3) is 0 Å². The highest BCUT2D eigenvalue weighted by Crippen LogP contribution is 1.95. The summed E-state index contributed by atoms with van der Waals surface area (Å²) >= 11 is 0. The van der Waals surface area contributed by atoms with Crippen LogP contribution in [0.15, 0.2) is 12.4 Å². The summed E-state index contributed by atoms with van der Waals surface area (Å²) in [5.74, 6) is 1.17. The number of rotatable bonds is 6. The summed E-state index contributed by atoms with van der Waals surface area (Å²) < 4.78 is 24.0. The fourth-order valence-corrected chi connectivity index (χ4v) is 2.61. The zero-order chi connectivity index (χ0) is 12.2. The number of hydrogen-bond acceptors (Lipinski definition) is 4. The van der Waals surface area contributed by atoms with Gasteiger partial charge in [0, 0.05) is 44.7 Å². The summed E-state index contributed by atoms with van der Waals surface area (Å²) in [7, 11) is -0.952. The van der Waals surface area contributed by atoms with Gasteiger partial charge in [-0.15, -0.1) is 0 Å². The Morgan fingerprint density at radius 2 is 2.25 bits per heavy atom. The number of aromatic nitrogens is 2. The van der Waals surface area contributed by atoms with E-state index < -0.39 is 9.84 Å². The van der Waals surface area contributed by atoms with Gasteiger partial charge in [-0.1, -0.05) is 0 Å². The van der Waals surface area contributed by atoms with E-state index in [2.05, 4.69) is 10.3 Å². The fraction of sp³-hybridized carbons (Fsp3) is 0.700. The number of imidazole rings is 1. The van der Waals surface area contributed by atoms with Gasteiger partial charge in [-0.2, -0.15) is 0 Å². The first-order valence-electron chi connectivity index (χ1n) is 5.26. The van der Waals surface area contributed by atoms with E-state index in [0.717, 1.165) is 18.8 Å². The molecular weight excluding hydrogens is 226 g/mol. The summed E-state index contributed by atoms with van der Waals surface area (Å²) in [6, 6.07) is -0.0183. The highest BCUT2D eigenvalue weighted by atomic mass is 32.2. The van der Waals surface area contributed by atoms with Gasteiger partial charge in [0.05, 0.1) is 5.75 Å². The highest BCUT2D eigenvalue weighted by Gasteiger charge is 2.09. The van der Waals surface area contributed by atoms with Crippen LogP contribution in [0.1, 0.15) is 12.7 Å². The van der Waals surface area contributed by atoms with Crippen LogP contribution < -0.4 is 5.32 Å². The first-order chi connectivity index (χ1) is 7.38. The summed E-state index contributed by atoms with van der Waals surface area (Å²) in [5, 5.41) is 3.17. The van der Waals surface area contributed by atoms with E-state index >= 15 is 0 Å². The van der Waals surface area contributed by atoms with Crippen molar-refractivity contribution in [2.45, 2.75) is 19.4 Å². The van der Waals surface area contributed by atoms with Gasteiger partial charge in [-0.3, -0.25) is 0 Å². The smallest absolute Gasteiger partial charge is 0.148 e. The topological polar surface area (TPSA) is 64.0 Å². The van der Waals surface area contributed by atoms with Crippen LogP contribution in [0.5, 0.6) is 0 Å². The minimum absolute atomic E-state index is 0.0183. The number of nitrogens with one attached hydrogen (secondary N) is 1. The minimum Gasteiger partial charge on any atom is -0.338 e. The Kier molecular flexibility index (Phi) is 4.49. The van der Waals surface area contributed by atoms with Crippen LogP contribution in [0.2, 0.25) is 0 Å². The lowest BCUT2D eigenvalue weighted by atomic mass is 10.3. The van der Waals surface area contributed by atoms with Crippen molar-refractivity contribution in [2.24, 2.45) is 7.05 Å². The molecule has 1 N–H and O–H groups in total. The third kappa shape index (κ3) is 4.76. The molecule has 0 amide bonds. The van der Waals surface area contributed by atoms with Crippen LogP contribution in [-0.2, 0) is 23.3 Å². The Labute approximate surface area is 96.8 Å². The van der Waals surface area contributed by atoms with Crippen LogP contribution >= 0.6 is 0 Å². The van der Waals surface area contributed by atoms with Gasteiger partial charge in [-0.25, -0.2) is 13.4 Å². The molecule has 1 aromatic heterocycles. The Bertz CT molecular complexity index is 425. The second-order valence-corrected chi connectivity index (χ2v) is 6.34. The molecule has 16 heavy (non-hydrogen) atoms. The molecule has 1 aromatic rings. The lowest BCUT2D eigenvalue weighted by Gasteiger charge is -2.12. The van der Waals surface area contributed by atoms with Gasteiger partial charge in [-0.05, 0) is 6.92 Å². The molecule has 1 rings (SSSR count). The van der Waals surface area contributed by atoms with E-state index in [1.54, 1.807) is 6.20 Å². The van der Waals surface area contributed by atoms with Crippen molar-refractivity contribution in [3.05, 3.63) is 18.2 Å². The van der Waals surface area contributed by atoms with E-state index in [1.807, 2.05) is 24.7 Å². The monoisotopic (exact) mass is 245 g/mol. The summed E-state index contributed by atoms with van der Waals surface area (Å²) in [6.45, 7) is 2.61. The molecule has 1 heterocycles. The lowest BCUT2D eigenvalue weighted by molar-refractivity contribution is 0.555. The maximum absolute atomic E-state index is 11.0. The molecule has 5 nitrogen and oxygen atoms in total. The van der Waals surface area contributed by atoms with Gasteiger partial charge >= 0.3 is 0 Å². The molecule has 0 aromatic carbocycles. The average Bonchev–Trinajstić information content (AvgIpc) is 2.48. The predicted molar refractivity (Wildman–Crippen MR) is 64.1 cm³/mol. The molecule has 0 radical (unpaired) electrons. The minimum atomic E-state index is -2.90. The largest absolute Gasteiger partial charge is 0.338 e. The van der Waals surface area contributed by atoms with Gasteiger partial charge in [0.15, 0.2) is 0 Å². The van der Waals surface area contributed by atoms with Crippen molar-refractivity contribution in [2.75, 3.05) is 18.6 Å². The molecule has 0 fully saturated rings. The van der Waals surface area contributed by atoms with Crippen molar-refractivity contribution < 1.29 is 8.42 Å². The van der Waals surface area contributed by atoms with Crippen LogP contribution in [0.25, 0.3) is 0 Å². The second-order valence-electron chi connectivity index (χ2n) is 4.15. The van der Waals surface area contributed by atoms with E-state index in [4.69, 9.17) is 0 Å². The predicted octanol–water partition coefficient (Wildman–Crippen LogP) is -0.0147. The molecule has 0 bridgehead atoms. The average molecular weight is 245 g/mol. The highest BCUT2D eigenvalue weighted by molar-refractivity contribution is 7.90. The second kappa shape index (κ2) is 5.45. The van der Waals surface area contributed by atoms with E-state index in [1.165, 1.54) is 6.26 Å². The third-order valence-electron chi connectivity index (χ3n) is 2.32. The number of nitrogens with zero attached hydrogens (tertiary/aromatic N) is 2. The zero-order valence-electron chi connectivity index (χ0n) is 9.97. The standard InChI is InChI=1S/C10H19N3O2S/c1-9(8-16(3,14)15)11-5-4-10-12-6-7-13(10)2/h6-7,9,11H,4-5,8H2,1-3H3. The molecule has 0 aliphatic heterocycles. The van der Waals surface area contributed by atoms with Gasteiger partial charge in [0.1, 0.15) is 15.7 Å². The molecule has 1 atom stereocenters. The van der Waals surface area contributed by atoms with Crippen molar-refractivity contribution in [1.82, 2.24) is 14.9 Å². The number of sulfone groups is 1. The Balaban J connectivity index is 2.28. The van der Waals surface area contributed by atoms with E-state index in [9.17, 15) is 8.42 Å². The van der Waals surface area contributed by atoms with Crippen LogP contribution in [0.4, 0.5) is 0 Å². The molecule has 1 unspecified atom stereocenters. The number of aryl methyl sites for hydroxylation is 1. The number of hydrogen-bond donors (Lipinski definition) is 1. The Morgan fingerprint density at radius 1 is 1.56 bits per heavy atom. The van der Waals surface area contributed by atoms with E-state index in [0.29, 0.717) is 0 Å². The maximum Gasteiger partial charge on any atom is 0.148 e. The quantitative estimate of drug-likeness (QED) is 0.765. The molecule has 92 valence electrons. The van der Waals surface area contributed by atoms with Crippen molar-refractivity contribution in [3.63, 3.8) is 0 Å². The molecule has 6 heteroatoms. The summed E-state index contributed by atoms with van der Waals surface area (Å²) in [4.78, 5) is 4.19. The first-order valence-corrected chi connectivity index (χ1v) is 7.32. The molecular formula is C10H19N3O2S. The molecule has 0 saturated carbocycles. The van der Waals surface area contributed by atoms with Crippen molar-refractivity contribution in [1.29, 1.82) is 0 Å².